The van der Waals surface area contributed by atoms with Gasteiger partial charge in [0.25, 0.3) is 5.91 Å². The number of hydrogen-bond acceptors (Lipinski definition) is 6. The number of carbonyl (C=O) groups excluding carboxylic acids is 1. The fourth-order valence-corrected chi connectivity index (χ4v) is 4.01. The van der Waals surface area contributed by atoms with E-state index in [9.17, 15) is 4.79 Å². The van der Waals surface area contributed by atoms with E-state index in [0.29, 0.717) is 23.9 Å². The van der Waals surface area contributed by atoms with Crippen LogP contribution in [0.1, 0.15) is 40.4 Å². The summed E-state index contributed by atoms with van der Waals surface area (Å²) in [5.74, 6) is 1.01. The highest BCUT2D eigenvalue weighted by molar-refractivity contribution is 7.13. The highest BCUT2D eigenvalue weighted by atomic mass is 32.1. The van der Waals surface area contributed by atoms with E-state index in [0.717, 1.165) is 23.8 Å². The monoisotopic (exact) mass is 379 g/mol. The van der Waals surface area contributed by atoms with Gasteiger partial charge in [0, 0.05) is 29.9 Å². The van der Waals surface area contributed by atoms with Crippen LogP contribution in [0.4, 0.5) is 0 Å². The summed E-state index contributed by atoms with van der Waals surface area (Å²) in [6.45, 7) is 2.45. The number of nitrogens with zero attached hydrogens (tertiary/aromatic N) is 3. The second-order valence-electron chi connectivity index (χ2n) is 6.57. The molecule has 0 unspecified atom stereocenters. The van der Waals surface area contributed by atoms with Gasteiger partial charge in [-0.2, -0.15) is 0 Å². The van der Waals surface area contributed by atoms with Crippen LogP contribution in [0.15, 0.2) is 48.1 Å². The molecular weight excluding hydrogens is 358 g/mol. The minimum Gasteiger partial charge on any atom is -0.346 e. The summed E-state index contributed by atoms with van der Waals surface area (Å²) in [5.41, 5.74) is 2.73. The third-order valence-corrected chi connectivity index (χ3v) is 5.54. The Morgan fingerprint density at radius 1 is 1.26 bits per heavy atom. The SMILES string of the molecule is O=C(NCc1csc(-c2ncccn2)n1)c1cccc([C@@H]2CCCNC2)c1. The standard InChI is InChI=1S/C20H21N5OS/c26-19(15-5-1-4-14(10-15)16-6-2-7-21-11-16)24-12-17-13-27-20(25-17)18-22-8-3-9-23-18/h1,3-5,8-10,13,16,21H,2,6-7,11-12H2,(H,24,26)/t16-/m1/s1. The number of amides is 1. The number of piperidine rings is 1. The van der Waals surface area contributed by atoms with Crippen LogP contribution >= 0.6 is 11.3 Å². The summed E-state index contributed by atoms with van der Waals surface area (Å²) >= 11 is 1.48. The minimum atomic E-state index is -0.0777. The lowest BCUT2D eigenvalue weighted by molar-refractivity contribution is 0.0950. The summed E-state index contributed by atoms with van der Waals surface area (Å²) in [4.78, 5) is 25.5. The normalized spacial score (nSPS) is 16.8. The Morgan fingerprint density at radius 2 is 2.15 bits per heavy atom. The Morgan fingerprint density at radius 3 is 2.96 bits per heavy atom. The number of carbonyl (C=O) groups is 1. The number of thiazole rings is 1. The molecule has 0 spiro atoms. The van der Waals surface area contributed by atoms with Crippen LogP contribution in [0.2, 0.25) is 0 Å². The number of nitrogens with one attached hydrogen (secondary N) is 2. The first-order chi connectivity index (χ1) is 13.3. The molecule has 6 nitrogen and oxygen atoms in total. The third-order valence-electron chi connectivity index (χ3n) is 4.66. The molecule has 0 radical (unpaired) electrons. The van der Waals surface area contributed by atoms with Gasteiger partial charge in [-0.15, -0.1) is 11.3 Å². The van der Waals surface area contributed by atoms with Gasteiger partial charge in [-0.3, -0.25) is 4.79 Å². The zero-order valence-corrected chi connectivity index (χ0v) is 15.7. The van der Waals surface area contributed by atoms with Crippen molar-refractivity contribution in [3.8, 4) is 10.8 Å². The Balaban J connectivity index is 1.39. The van der Waals surface area contributed by atoms with Gasteiger partial charge in [-0.05, 0) is 49.1 Å². The summed E-state index contributed by atoms with van der Waals surface area (Å²) in [6, 6.07) is 9.72. The van der Waals surface area contributed by atoms with Crippen molar-refractivity contribution in [2.45, 2.75) is 25.3 Å². The number of benzene rings is 1. The highest BCUT2D eigenvalue weighted by Gasteiger charge is 2.16. The van der Waals surface area contributed by atoms with Crippen molar-refractivity contribution in [3.63, 3.8) is 0 Å². The lowest BCUT2D eigenvalue weighted by Gasteiger charge is -2.23. The molecule has 7 heteroatoms. The van der Waals surface area contributed by atoms with Crippen LogP contribution in [0, 0.1) is 0 Å². The van der Waals surface area contributed by atoms with E-state index in [1.54, 1.807) is 18.5 Å². The van der Waals surface area contributed by atoms with E-state index in [2.05, 4.69) is 31.7 Å². The van der Waals surface area contributed by atoms with Crippen molar-refractivity contribution in [2.24, 2.45) is 0 Å². The third kappa shape index (κ3) is 4.37. The lowest BCUT2D eigenvalue weighted by Crippen LogP contribution is -2.28. The molecule has 0 bridgehead atoms. The van der Waals surface area contributed by atoms with Crippen molar-refractivity contribution in [1.29, 1.82) is 0 Å². The van der Waals surface area contributed by atoms with E-state index in [-0.39, 0.29) is 5.91 Å². The summed E-state index contributed by atoms with van der Waals surface area (Å²) in [5, 5.41) is 9.07. The molecule has 4 rings (SSSR count). The average molecular weight is 379 g/mol. The van der Waals surface area contributed by atoms with Crippen molar-refractivity contribution in [2.75, 3.05) is 13.1 Å². The predicted octanol–water partition coefficient (Wildman–Crippen LogP) is 3.00. The van der Waals surface area contributed by atoms with Gasteiger partial charge in [-0.1, -0.05) is 12.1 Å². The molecule has 1 amide bonds. The van der Waals surface area contributed by atoms with Gasteiger partial charge in [0.15, 0.2) is 10.8 Å². The van der Waals surface area contributed by atoms with Gasteiger partial charge in [-0.25, -0.2) is 15.0 Å². The van der Waals surface area contributed by atoms with Gasteiger partial charge < -0.3 is 10.6 Å². The fourth-order valence-electron chi connectivity index (χ4n) is 3.24. The first-order valence-corrected chi connectivity index (χ1v) is 9.98. The largest absolute Gasteiger partial charge is 0.346 e. The molecule has 1 aliphatic heterocycles. The maximum Gasteiger partial charge on any atom is 0.251 e. The Labute approximate surface area is 162 Å². The lowest BCUT2D eigenvalue weighted by atomic mass is 9.90. The second-order valence-corrected chi connectivity index (χ2v) is 7.43. The van der Waals surface area contributed by atoms with Crippen LogP contribution < -0.4 is 10.6 Å². The van der Waals surface area contributed by atoms with E-state index in [4.69, 9.17) is 0 Å². The van der Waals surface area contributed by atoms with Crippen molar-refractivity contribution in [1.82, 2.24) is 25.6 Å². The number of rotatable bonds is 5. The molecule has 27 heavy (non-hydrogen) atoms. The summed E-state index contributed by atoms with van der Waals surface area (Å²) in [7, 11) is 0. The maximum absolute atomic E-state index is 12.6. The molecule has 138 valence electrons. The van der Waals surface area contributed by atoms with Crippen LogP contribution in [-0.4, -0.2) is 33.9 Å². The molecule has 2 aromatic heterocycles. The molecule has 3 aromatic rings. The molecule has 1 aliphatic rings. The van der Waals surface area contributed by atoms with Crippen molar-refractivity contribution in [3.05, 3.63) is 64.9 Å². The Hall–Kier alpha value is -2.64. The molecule has 3 heterocycles. The summed E-state index contributed by atoms with van der Waals surface area (Å²) in [6.07, 6.45) is 5.74. The number of aromatic nitrogens is 3. The second kappa shape index (κ2) is 8.37. The van der Waals surface area contributed by atoms with Gasteiger partial charge in [0.2, 0.25) is 0 Å². The van der Waals surface area contributed by atoms with Crippen molar-refractivity contribution < 1.29 is 4.79 Å². The fraction of sp³-hybridized carbons (Fsp3) is 0.300. The van der Waals surface area contributed by atoms with Crippen LogP contribution in [0.25, 0.3) is 10.8 Å². The number of hydrogen-bond donors (Lipinski definition) is 2. The first kappa shape index (κ1) is 17.8. The van der Waals surface area contributed by atoms with E-state index >= 15 is 0 Å². The molecule has 1 atom stereocenters. The molecule has 1 fully saturated rings. The Bertz CT molecular complexity index is 906. The molecule has 1 saturated heterocycles. The van der Waals surface area contributed by atoms with E-state index in [1.165, 1.54) is 29.7 Å². The molecule has 1 aromatic carbocycles. The van der Waals surface area contributed by atoms with Crippen molar-refractivity contribution >= 4 is 17.2 Å². The van der Waals surface area contributed by atoms with Crippen LogP contribution in [0.5, 0.6) is 0 Å². The highest BCUT2D eigenvalue weighted by Crippen LogP contribution is 2.24. The molecule has 0 aliphatic carbocycles. The predicted molar refractivity (Wildman–Crippen MR) is 106 cm³/mol. The topological polar surface area (TPSA) is 79.8 Å². The van der Waals surface area contributed by atoms with E-state index < -0.39 is 0 Å². The van der Waals surface area contributed by atoms with E-state index in [1.807, 2.05) is 23.6 Å². The van der Waals surface area contributed by atoms with Gasteiger partial charge in [0.05, 0.1) is 12.2 Å². The zero-order chi connectivity index (χ0) is 18.5. The molecule has 2 N–H and O–H groups in total. The van der Waals surface area contributed by atoms with Gasteiger partial charge >= 0.3 is 0 Å². The quantitative estimate of drug-likeness (QED) is 0.712. The first-order valence-electron chi connectivity index (χ1n) is 9.10. The maximum atomic E-state index is 12.6. The molecular formula is C20H21N5OS. The van der Waals surface area contributed by atoms with Crippen LogP contribution in [0.3, 0.4) is 0 Å². The minimum absolute atomic E-state index is 0.0777. The zero-order valence-electron chi connectivity index (χ0n) is 14.9. The van der Waals surface area contributed by atoms with Crippen LogP contribution in [-0.2, 0) is 6.54 Å². The van der Waals surface area contributed by atoms with Gasteiger partial charge in [0.1, 0.15) is 0 Å². The molecule has 0 saturated carbocycles. The Kier molecular flexibility index (Phi) is 5.50. The average Bonchev–Trinajstić information content (AvgIpc) is 3.22. The summed E-state index contributed by atoms with van der Waals surface area (Å²) < 4.78 is 0. The smallest absolute Gasteiger partial charge is 0.251 e.